The molecule has 0 bridgehead atoms. The van der Waals surface area contributed by atoms with Crippen LogP contribution in [-0.2, 0) is 6.18 Å². The average molecular weight is 365 g/mol. The molecule has 0 saturated carbocycles. The maximum atomic E-state index is 12.6. The summed E-state index contributed by atoms with van der Waals surface area (Å²) in [7, 11) is 3.22. The predicted octanol–water partition coefficient (Wildman–Crippen LogP) is 1.85. The third-order valence-corrected chi connectivity index (χ3v) is 3.36. The van der Waals surface area contributed by atoms with E-state index in [1.165, 1.54) is 4.90 Å². The second kappa shape index (κ2) is 7.26. The minimum absolute atomic E-state index is 0.144. The number of rotatable bonds is 4. The van der Waals surface area contributed by atoms with Crippen molar-refractivity contribution in [2.75, 3.05) is 19.0 Å². The van der Waals surface area contributed by atoms with Gasteiger partial charge >= 0.3 is 6.18 Å². The van der Waals surface area contributed by atoms with Crippen molar-refractivity contribution in [3.8, 4) is 6.07 Å². The Morgan fingerprint density at radius 1 is 1.31 bits per heavy atom. The first-order chi connectivity index (χ1) is 12.1. The van der Waals surface area contributed by atoms with Gasteiger partial charge in [0.15, 0.2) is 0 Å². The Kier molecular flexibility index (Phi) is 5.30. The van der Waals surface area contributed by atoms with E-state index in [0.717, 1.165) is 30.3 Å². The van der Waals surface area contributed by atoms with Crippen LogP contribution < -0.4 is 15.8 Å². The minimum atomic E-state index is -4.50. The molecule has 1 heterocycles. The molecule has 2 aromatic rings. The van der Waals surface area contributed by atoms with Gasteiger partial charge in [0.25, 0.3) is 11.5 Å². The number of nitriles is 1. The molecule has 1 amide bonds. The number of aromatic amines is 1. The molecule has 0 aliphatic carbocycles. The highest BCUT2D eigenvalue weighted by Crippen LogP contribution is 2.29. The number of amides is 1. The molecule has 2 rings (SSSR count). The number of benzene rings is 1. The zero-order valence-electron chi connectivity index (χ0n) is 13.8. The summed E-state index contributed by atoms with van der Waals surface area (Å²) >= 11 is 0. The van der Waals surface area contributed by atoms with E-state index >= 15 is 0 Å². The third-order valence-electron chi connectivity index (χ3n) is 3.36. The standard InChI is InChI=1S/C16H14F3N5O2/c1-24(2)15-22-11(7-13(25)23-15)14(26)21-12(8-20)9-3-5-10(6-4-9)16(17,18)19/h3-7,12H,1-2H3,(H,21,26)(H,22,23,25). The fraction of sp³-hybridized carbons (Fsp3) is 0.250. The lowest BCUT2D eigenvalue weighted by Crippen LogP contribution is -2.30. The molecular formula is C16H14F3N5O2. The van der Waals surface area contributed by atoms with Crippen molar-refractivity contribution in [1.82, 2.24) is 15.3 Å². The first-order valence-electron chi connectivity index (χ1n) is 7.28. The van der Waals surface area contributed by atoms with Crippen LogP contribution in [-0.4, -0.2) is 30.0 Å². The van der Waals surface area contributed by atoms with Crippen LogP contribution in [0.2, 0.25) is 0 Å². The molecule has 7 nitrogen and oxygen atoms in total. The molecule has 0 saturated heterocycles. The van der Waals surface area contributed by atoms with E-state index in [4.69, 9.17) is 0 Å². The number of carbonyl (C=O) groups is 1. The van der Waals surface area contributed by atoms with E-state index in [2.05, 4.69) is 15.3 Å². The smallest absolute Gasteiger partial charge is 0.348 e. The molecule has 0 aliphatic heterocycles. The largest absolute Gasteiger partial charge is 0.416 e. The average Bonchev–Trinajstić information content (AvgIpc) is 2.58. The van der Waals surface area contributed by atoms with Gasteiger partial charge in [-0.1, -0.05) is 12.1 Å². The van der Waals surface area contributed by atoms with E-state index in [1.54, 1.807) is 20.2 Å². The number of hydrogen-bond acceptors (Lipinski definition) is 5. The van der Waals surface area contributed by atoms with Crippen LogP contribution in [0.3, 0.4) is 0 Å². The SMILES string of the molecule is CN(C)c1nc(C(=O)NC(C#N)c2ccc(C(F)(F)F)cc2)cc(=O)[nH]1. The van der Waals surface area contributed by atoms with E-state index in [-0.39, 0.29) is 17.2 Å². The van der Waals surface area contributed by atoms with Crippen LogP contribution in [0.15, 0.2) is 35.1 Å². The number of carbonyl (C=O) groups excluding carboxylic acids is 1. The van der Waals surface area contributed by atoms with Gasteiger partial charge < -0.3 is 10.2 Å². The maximum Gasteiger partial charge on any atom is 0.416 e. The first kappa shape index (κ1) is 19.0. The van der Waals surface area contributed by atoms with E-state index in [9.17, 15) is 28.0 Å². The maximum absolute atomic E-state index is 12.6. The summed E-state index contributed by atoms with van der Waals surface area (Å²) in [6.07, 6.45) is -4.50. The second-order valence-corrected chi connectivity index (χ2v) is 5.50. The Labute approximate surface area is 146 Å². The quantitative estimate of drug-likeness (QED) is 0.861. The minimum Gasteiger partial charge on any atom is -0.348 e. The Balaban J connectivity index is 2.24. The van der Waals surface area contributed by atoms with Crippen molar-refractivity contribution >= 4 is 11.9 Å². The Morgan fingerprint density at radius 3 is 2.42 bits per heavy atom. The topological polar surface area (TPSA) is 102 Å². The lowest BCUT2D eigenvalue weighted by molar-refractivity contribution is -0.137. The number of nitrogens with one attached hydrogen (secondary N) is 2. The highest BCUT2D eigenvalue weighted by molar-refractivity contribution is 5.92. The molecule has 1 aromatic carbocycles. The summed E-state index contributed by atoms with van der Waals surface area (Å²) in [5.74, 6) is -0.656. The van der Waals surface area contributed by atoms with Crippen LogP contribution in [0.1, 0.15) is 27.7 Å². The number of aromatic nitrogens is 2. The van der Waals surface area contributed by atoms with Gasteiger partial charge in [0.05, 0.1) is 11.6 Å². The third kappa shape index (κ3) is 4.38. The fourth-order valence-electron chi connectivity index (χ4n) is 2.03. The van der Waals surface area contributed by atoms with Gasteiger partial charge in [-0.15, -0.1) is 0 Å². The van der Waals surface area contributed by atoms with Gasteiger partial charge in [-0.3, -0.25) is 14.6 Å². The van der Waals surface area contributed by atoms with Gasteiger partial charge in [0.2, 0.25) is 5.95 Å². The Bertz CT molecular complexity index is 898. The summed E-state index contributed by atoms with van der Waals surface area (Å²) in [4.78, 5) is 31.7. The van der Waals surface area contributed by atoms with Crippen molar-refractivity contribution in [1.29, 1.82) is 5.26 Å². The van der Waals surface area contributed by atoms with Crippen LogP contribution in [0.4, 0.5) is 19.1 Å². The molecule has 26 heavy (non-hydrogen) atoms. The summed E-state index contributed by atoms with van der Waals surface area (Å²) in [5.41, 5.74) is -1.47. The molecule has 0 spiro atoms. The van der Waals surface area contributed by atoms with Crippen molar-refractivity contribution < 1.29 is 18.0 Å². The van der Waals surface area contributed by atoms with E-state index in [0.29, 0.717) is 0 Å². The van der Waals surface area contributed by atoms with Gasteiger partial charge in [0, 0.05) is 20.2 Å². The molecule has 10 heteroatoms. The molecule has 0 fully saturated rings. The van der Waals surface area contributed by atoms with Gasteiger partial charge in [0.1, 0.15) is 11.7 Å². The monoisotopic (exact) mass is 365 g/mol. The number of alkyl halides is 3. The second-order valence-electron chi connectivity index (χ2n) is 5.50. The lowest BCUT2D eigenvalue weighted by Gasteiger charge is -2.14. The molecule has 1 aromatic heterocycles. The van der Waals surface area contributed by atoms with Crippen LogP contribution in [0, 0.1) is 11.3 Å². The zero-order chi connectivity index (χ0) is 19.5. The van der Waals surface area contributed by atoms with Crippen molar-refractivity contribution in [3.63, 3.8) is 0 Å². The number of H-pyrrole nitrogens is 1. The highest BCUT2D eigenvalue weighted by atomic mass is 19.4. The fourth-order valence-corrected chi connectivity index (χ4v) is 2.03. The van der Waals surface area contributed by atoms with Crippen molar-refractivity contribution in [2.24, 2.45) is 0 Å². The summed E-state index contributed by atoms with van der Waals surface area (Å²) in [5, 5.41) is 11.6. The number of halogens is 3. The molecule has 136 valence electrons. The van der Waals surface area contributed by atoms with E-state index in [1.807, 2.05) is 0 Å². The zero-order valence-corrected chi connectivity index (χ0v) is 13.8. The first-order valence-corrected chi connectivity index (χ1v) is 7.28. The van der Waals surface area contributed by atoms with Crippen LogP contribution in [0.5, 0.6) is 0 Å². The van der Waals surface area contributed by atoms with Crippen LogP contribution in [0.25, 0.3) is 0 Å². The summed E-state index contributed by atoms with van der Waals surface area (Å²) in [6, 6.07) is 5.40. The molecule has 0 aliphatic rings. The van der Waals surface area contributed by atoms with Gasteiger partial charge in [-0.2, -0.15) is 18.4 Å². The number of anilines is 1. The van der Waals surface area contributed by atoms with Gasteiger partial charge in [-0.05, 0) is 17.7 Å². The normalized spacial score (nSPS) is 12.2. The van der Waals surface area contributed by atoms with Gasteiger partial charge in [-0.25, -0.2) is 4.98 Å². The highest BCUT2D eigenvalue weighted by Gasteiger charge is 2.30. The van der Waals surface area contributed by atoms with Crippen LogP contribution >= 0.6 is 0 Å². The number of nitrogens with zero attached hydrogens (tertiary/aromatic N) is 3. The molecular weight excluding hydrogens is 351 g/mol. The predicted molar refractivity (Wildman–Crippen MR) is 86.4 cm³/mol. The lowest BCUT2D eigenvalue weighted by atomic mass is 10.1. The number of hydrogen-bond donors (Lipinski definition) is 2. The molecule has 0 radical (unpaired) electrons. The Morgan fingerprint density at radius 2 is 1.92 bits per heavy atom. The summed E-state index contributed by atoms with van der Waals surface area (Å²) < 4.78 is 37.8. The molecule has 2 N–H and O–H groups in total. The van der Waals surface area contributed by atoms with Crippen molar-refractivity contribution in [2.45, 2.75) is 12.2 Å². The Hall–Kier alpha value is -3.35. The van der Waals surface area contributed by atoms with Crippen molar-refractivity contribution in [3.05, 3.63) is 57.5 Å². The van der Waals surface area contributed by atoms with E-state index < -0.39 is 29.2 Å². The molecule has 1 unspecified atom stereocenters. The molecule has 1 atom stereocenters. The summed E-state index contributed by atoms with van der Waals surface area (Å²) in [6.45, 7) is 0.